The first-order valence-corrected chi connectivity index (χ1v) is 6.49. The van der Waals surface area contributed by atoms with Crippen LogP contribution in [0.3, 0.4) is 0 Å². The molecule has 0 saturated carbocycles. The van der Waals surface area contributed by atoms with Gasteiger partial charge >= 0.3 is 11.7 Å². The number of fused-ring (bicyclic) bond motifs is 1. The lowest BCUT2D eigenvalue weighted by atomic mass is 10.2. The van der Waals surface area contributed by atoms with Crippen LogP contribution in [0, 0.1) is 0 Å². The molecule has 1 heterocycles. The number of aromatic nitrogens is 1. The number of rotatable bonds is 3. The normalized spacial score (nSPS) is 10.7. The van der Waals surface area contributed by atoms with Gasteiger partial charge in [-0.25, -0.2) is 4.79 Å². The zero-order valence-electron chi connectivity index (χ0n) is 11.4. The lowest BCUT2D eigenvalue weighted by molar-refractivity contribution is -0.131. The molecule has 0 bridgehead atoms. The van der Waals surface area contributed by atoms with E-state index in [1.165, 1.54) is 6.92 Å². The summed E-state index contributed by atoms with van der Waals surface area (Å²) in [6.45, 7) is 1.75. The quantitative estimate of drug-likeness (QED) is 0.547. The molecule has 3 rings (SSSR count). The summed E-state index contributed by atoms with van der Waals surface area (Å²) in [5.41, 5.74) is 2.07. The molecule has 0 fully saturated rings. The van der Waals surface area contributed by atoms with Crippen molar-refractivity contribution in [3.8, 4) is 5.75 Å². The molecule has 21 heavy (non-hydrogen) atoms. The Morgan fingerprint density at radius 3 is 2.67 bits per heavy atom. The summed E-state index contributed by atoms with van der Waals surface area (Å²) in [7, 11) is 0. The fourth-order valence-corrected chi connectivity index (χ4v) is 2.19. The Hall–Kier alpha value is -2.82. The third-order valence-corrected chi connectivity index (χ3v) is 3.08. The fraction of sp³-hybridized carbons (Fsp3) is 0.125. The Balaban J connectivity index is 2.02. The highest BCUT2D eigenvalue weighted by Gasteiger charge is 2.11. The smallest absolute Gasteiger partial charge is 0.420 e. The summed E-state index contributed by atoms with van der Waals surface area (Å²) >= 11 is 0. The number of carbonyl (C=O) groups excluding carboxylic acids is 1. The number of ether oxygens (including phenoxy) is 1. The van der Waals surface area contributed by atoms with Crippen molar-refractivity contribution in [2.45, 2.75) is 13.5 Å². The Labute approximate surface area is 120 Å². The van der Waals surface area contributed by atoms with Crippen molar-refractivity contribution in [3.63, 3.8) is 0 Å². The first-order valence-electron chi connectivity index (χ1n) is 6.49. The van der Waals surface area contributed by atoms with Gasteiger partial charge in [0.25, 0.3) is 0 Å². The summed E-state index contributed by atoms with van der Waals surface area (Å²) in [6, 6.07) is 14.5. The Bertz CT molecular complexity index is 846. The van der Waals surface area contributed by atoms with Crippen molar-refractivity contribution < 1.29 is 13.9 Å². The van der Waals surface area contributed by atoms with E-state index in [2.05, 4.69) is 0 Å². The number of esters is 1. The highest BCUT2D eigenvalue weighted by atomic mass is 16.5. The number of hydrogen-bond donors (Lipinski definition) is 0. The van der Waals surface area contributed by atoms with Gasteiger partial charge in [0.15, 0.2) is 5.58 Å². The van der Waals surface area contributed by atoms with E-state index in [0.29, 0.717) is 23.4 Å². The van der Waals surface area contributed by atoms with Crippen LogP contribution in [0.25, 0.3) is 11.1 Å². The van der Waals surface area contributed by atoms with Gasteiger partial charge < -0.3 is 9.15 Å². The second-order valence-electron chi connectivity index (χ2n) is 4.66. The molecule has 0 aliphatic rings. The van der Waals surface area contributed by atoms with E-state index in [1.54, 1.807) is 22.8 Å². The molecule has 0 atom stereocenters. The zero-order valence-corrected chi connectivity index (χ0v) is 11.4. The maximum Gasteiger partial charge on any atom is 0.420 e. The van der Waals surface area contributed by atoms with Gasteiger partial charge in [0.05, 0.1) is 12.1 Å². The highest BCUT2D eigenvalue weighted by molar-refractivity contribution is 5.77. The van der Waals surface area contributed by atoms with Crippen LogP contribution < -0.4 is 10.5 Å². The minimum absolute atomic E-state index is 0.357. The summed E-state index contributed by atoms with van der Waals surface area (Å²) in [5.74, 6) is -0.496. The molecule has 0 radical (unpaired) electrons. The fourth-order valence-electron chi connectivity index (χ4n) is 2.19. The van der Waals surface area contributed by atoms with Crippen LogP contribution in [0.2, 0.25) is 0 Å². The van der Waals surface area contributed by atoms with Crippen molar-refractivity contribution in [1.29, 1.82) is 0 Å². The van der Waals surface area contributed by atoms with Crippen LogP contribution in [0.5, 0.6) is 5.75 Å². The lowest BCUT2D eigenvalue weighted by Crippen LogP contribution is -2.14. The minimum Gasteiger partial charge on any atom is -0.427 e. The van der Waals surface area contributed by atoms with Gasteiger partial charge in [-0.3, -0.25) is 9.36 Å². The number of carbonyl (C=O) groups is 1. The average Bonchev–Trinajstić information content (AvgIpc) is 2.75. The predicted molar refractivity (Wildman–Crippen MR) is 77.3 cm³/mol. The van der Waals surface area contributed by atoms with Gasteiger partial charge in [0.1, 0.15) is 5.75 Å². The van der Waals surface area contributed by atoms with E-state index in [0.717, 1.165) is 5.56 Å². The average molecular weight is 283 g/mol. The van der Waals surface area contributed by atoms with Crippen molar-refractivity contribution in [2.75, 3.05) is 0 Å². The van der Waals surface area contributed by atoms with Crippen LogP contribution in [-0.4, -0.2) is 10.5 Å². The van der Waals surface area contributed by atoms with E-state index < -0.39 is 11.7 Å². The molecule has 3 aromatic rings. The summed E-state index contributed by atoms with van der Waals surface area (Å²) in [4.78, 5) is 22.9. The SMILES string of the molecule is CC(=O)Oc1ccc2c(c1)oc(=O)n2Cc1ccccc1. The van der Waals surface area contributed by atoms with E-state index in [1.807, 2.05) is 30.3 Å². The molecule has 0 N–H and O–H groups in total. The number of nitrogens with zero attached hydrogens (tertiary/aromatic N) is 1. The van der Waals surface area contributed by atoms with Crippen LogP contribution in [0.1, 0.15) is 12.5 Å². The zero-order chi connectivity index (χ0) is 14.8. The molecule has 0 saturated heterocycles. The largest absolute Gasteiger partial charge is 0.427 e. The van der Waals surface area contributed by atoms with Gasteiger partial charge in [-0.15, -0.1) is 0 Å². The molecule has 0 aliphatic carbocycles. The lowest BCUT2D eigenvalue weighted by Gasteiger charge is -2.03. The van der Waals surface area contributed by atoms with Gasteiger partial charge in [0, 0.05) is 13.0 Å². The third-order valence-electron chi connectivity index (χ3n) is 3.08. The molecule has 1 aromatic heterocycles. The highest BCUT2D eigenvalue weighted by Crippen LogP contribution is 2.21. The maximum absolute atomic E-state index is 12.0. The van der Waals surface area contributed by atoms with Gasteiger partial charge in [-0.05, 0) is 17.7 Å². The molecule has 106 valence electrons. The maximum atomic E-state index is 12.0. The number of oxazole rings is 1. The predicted octanol–water partition coefficient (Wildman–Crippen LogP) is 2.57. The molecule has 0 unspecified atom stereocenters. The first kappa shape index (κ1) is 13.2. The van der Waals surface area contributed by atoms with E-state index in [-0.39, 0.29) is 0 Å². The summed E-state index contributed by atoms with van der Waals surface area (Å²) < 4.78 is 11.7. The molecular weight excluding hydrogens is 270 g/mol. The van der Waals surface area contributed by atoms with Crippen molar-refractivity contribution in [1.82, 2.24) is 4.57 Å². The van der Waals surface area contributed by atoms with Crippen LogP contribution >= 0.6 is 0 Å². The van der Waals surface area contributed by atoms with Crippen LogP contribution in [0.4, 0.5) is 0 Å². The molecule has 2 aromatic carbocycles. The summed E-state index contributed by atoms with van der Waals surface area (Å²) in [6.07, 6.45) is 0. The van der Waals surface area contributed by atoms with E-state index in [9.17, 15) is 9.59 Å². The number of benzene rings is 2. The Morgan fingerprint density at radius 1 is 1.19 bits per heavy atom. The third kappa shape index (κ3) is 2.72. The molecule has 0 aliphatic heterocycles. The summed E-state index contributed by atoms with van der Waals surface area (Å²) in [5, 5.41) is 0. The molecule has 5 nitrogen and oxygen atoms in total. The van der Waals surface area contributed by atoms with Gasteiger partial charge in [-0.1, -0.05) is 30.3 Å². The van der Waals surface area contributed by atoms with Crippen LogP contribution in [-0.2, 0) is 11.3 Å². The number of hydrogen-bond acceptors (Lipinski definition) is 4. The van der Waals surface area contributed by atoms with E-state index in [4.69, 9.17) is 9.15 Å². The minimum atomic E-state index is -0.436. The second-order valence-corrected chi connectivity index (χ2v) is 4.66. The first-order chi connectivity index (χ1) is 10.1. The van der Waals surface area contributed by atoms with Gasteiger partial charge in [0.2, 0.25) is 0 Å². The topological polar surface area (TPSA) is 61.4 Å². The molecule has 0 spiro atoms. The van der Waals surface area contributed by atoms with Crippen molar-refractivity contribution >= 4 is 17.1 Å². The molecule has 0 amide bonds. The standard InChI is InChI=1S/C16H13NO4/c1-11(18)20-13-7-8-14-15(9-13)21-16(19)17(14)10-12-5-3-2-4-6-12/h2-9H,10H2,1H3. The van der Waals surface area contributed by atoms with Gasteiger partial charge in [-0.2, -0.15) is 0 Å². The molecular formula is C16H13NO4. The second kappa shape index (κ2) is 5.28. The monoisotopic (exact) mass is 283 g/mol. The molecule has 5 heteroatoms. The van der Waals surface area contributed by atoms with Crippen LogP contribution in [0.15, 0.2) is 57.7 Å². The van der Waals surface area contributed by atoms with E-state index >= 15 is 0 Å². The Morgan fingerprint density at radius 2 is 1.95 bits per heavy atom. The van der Waals surface area contributed by atoms with Crippen molar-refractivity contribution in [2.24, 2.45) is 0 Å². The Kier molecular flexibility index (Phi) is 3.31. The van der Waals surface area contributed by atoms with Crippen molar-refractivity contribution in [3.05, 3.63) is 64.6 Å².